The van der Waals surface area contributed by atoms with Gasteiger partial charge in [-0.05, 0) is 36.5 Å². The molecule has 0 heterocycles. The minimum Gasteiger partial charge on any atom is -0.484 e. The maximum Gasteiger partial charge on any atom is 0.276 e. The lowest BCUT2D eigenvalue weighted by Crippen LogP contribution is -2.48. The predicted octanol–water partition coefficient (Wildman–Crippen LogP) is 0.861. The molecule has 0 fully saturated rings. The van der Waals surface area contributed by atoms with Gasteiger partial charge < -0.3 is 14.8 Å². The molecule has 0 spiro atoms. The molecule has 110 valence electrons. The number of nitrogens with one attached hydrogen (secondary N) is 3. The standard InChI is InChI=1S/C12H16ClN3O3S/c1-18-7-6-14-12(20)16-15-11(17)8-19-10-4-2-9(13)3-5-10/h2-5H,6-8H2,1H3,(H,15,17)(H2,14,16,20). The van der Waals surface area contributed by atoms with Gasteiger partial charge in [-0.3, -0.25) is 15.6 Å². The van der Waals surface area contributed by atoms with E-state index in [1.54, 1.807) is 31.4 Å². The van der Waals surface area contributed by atoms with E-state index in [2.05, 4.69) is 16.2 Å². The monoisotopic (exact) mass is 317 g/mol. The lowest BCUT2D eigenvalue weighted by molar-refractivity contribution is -0.123. The molecule has 0 radical (unpaired) electrons. The van der Waals surface area contributed by atoms with E-state index in [0.29, 0.717) is 29.0 Å². The summed E-state index contributed by atoms with van der Waals surface area (Å²) in [5.41, 5.74) is 4.96. The van der Waals surface area contributed by atoms with Crippen molar-refractivity contribution in [1.29, 1.82) is 0 Å². The molecule has 20 heavy (non-hydrogen) atoms. The first-order valence-corrected chi connectivity index (χ1v) is 6.60. The summed E-state index contributed by atoms with van der Waals surface area (Å²) in [6.45, 7) is 0.949. The number of ether oxygens (including phenoxy) is 2. The van der Waals surface area contributed by atoms with E-state index in [-0.39, 0.29) is 12.5 Å². The Labute approximate surface area is 127 Å². The summed E-state index contributed by atoms with van der Waals surface area (Å²) in [7, 11) is 1.59. The Morgan fingerprint density at radius 1 is 1.30 bits per heavy atom. The topological polar surface area (TPSA) is 71.6 Å². The molecule has 1 aromatic carbocycles. The van der Waals surface area contributed by atoms with Crippen LogP contribution in [0, 0.1) is 0 Å². The Kier molecular flexibility index (Phi) is 7.71. The van der Waals surface area contributed by atoms with Gasteiger partial charge in [0.25, 0.3) is 5.91 Å². The van der Waals surface area contributed by atoms with Crippen molar-refractivity contribution in [3.63, 3.8) is 0 Å². The van der Waals surface area contributed by atoms with Crippen molar-refractivity contribution in [3.05, 3.63) is 29.3 Å². The molecular weight excluding hydrogens is 302 g/mol. The number of methoxy groups -OCH3 is 1. The molecule has 0 bridgehead atoms. The first-order valence-electron chi connectivity index (χ1n) is 5.82. The van der Waals surface area contributed by atoms with Crippen molar-refractivity contribution >= 4 is 34.8 Å². The van der Waals surface area contributed by atoms with Crippen LogP contribution in [0.2, 0.25) is 5.02 Å². The Bertz CT molecular complexity index is 442. The van der Waals surface area contributed by atoms with Crippen molar-refractivity contribution in [2.24, 2.45) is 0 Å². The van der Waals surface area contributed by atoms with E-state index in [1.165, 1.54) is 0 Å². The highest BCUT2D eigenvalue weighted by atomic mass is 35.5. The number of hydrazine groups is 1. The third-order valence-corrected chi connectivity index (χ3v) is 2.59. The third kappa shape index (κ3) is 7.13. The lowest BCUT2D eigenvalue weighted by Gasteiger charge is -2.11. The fraction of sp³-hybridized carbons (Fsp3) is 0.333. The molecule has 1 aromatic rings. The van der Waals surface area contributed by atoms with Crippen molar-refractivity contribution in [3.8, 4) is 5.75 Å². The van der Waals surface area contributed by atoms with Crippen LogP contribution in [0.4, 0.5) is 0 Å². The molecule has 1 amide bonds. The quantitative estimate of drug-likeness (QED) is 0.411. The van der Waals surface area contributed by atoms with Gasteiger partial charge in [-0.1, -0.05) is 11.6 Å². The molecule has 0 aliphatic carbocycles. The first-order chi connectivity index (χ1) is 9.61. The largest absolute Gasteiger partial charge is 0.484 e. The molecular formula is C12H16ClN3O3S. The van der Waals surface area contributed by atoms with E-state index in [4.69, 9.17) is 33.3 Å². The van der Waals surface area contributed by atoms with Gasteiger partial charge in [0.1, 0.15) is 5.75 Å². The van der Waals surface area contributed by atoms with Crippen molar-refractivity contribution in [1.82, 2.24) is 16.2 Å². The van der Waals surface area contributed by atoms with Gasteiger partial charge in [0.15, 0.2) is 11.7 Å². The van der Waals surface area contributed by atoms with E-state index >= 15 is 0 Å². The SMILES string of the molecule is COCCNC(=S)NNC(=O)COc1ccc(Cl)cc1. The number of hydrogen-bond acceptors (Lipinski definition) is 4. The van der Waals surface area contributed by atoms with Crippen LogP contribution >= 0.6 is 23.8 Å². The highest BCUT2D eigenvalue weighted by Crippen LogP contribution is 2.15. The molecule has 1 rings (SSSR count). The highest BCUT2D eigenvalue weighted by molar-refractivity contribution is 7.80. The van der Waals surface area contributed by atoms with E-state index in [9.17, 15) is 4.79 Å². The molecule has 8 heteroatoms. The Balaban J connectivity index is 2.17. The number of benzene rings is 1. The first kappa shape index (κ1) is 16.5. The second-order valence-electron chi connectivity index (χ2n) is 3.66. The average Bonchev–Trinajstić information content (AvgIpc) is 2.45. The van der Waals surface area contributed by atoms with Gasteiger partial charge in [-0.2, -0.15) is 0 Å². The maximum atomic E-state index is 11.5. The van der Waals surface area contributed by atoms with Crippen LogP contribution in [0.1, 0.15) is 0 Å². The summed E-state index contributed by atoms with van der Waals surface area (Å²) in [6.07, 6.45) is 0. The number of carbonyl (C=O) groups is 1. The molecule has 0 aromatic heterocycles. The molecule has 6 nitrogen and oxygen atoms in total. The molecule has 3 N–H and O–H groups in total. The highest BCUT2D eigenvalue weighted by Gasteiger charge is 2.03. The normalized spacial score (nSPS) is 9.70. The number of halogens is 1. The number of thiocarbonyl (C=S) groups is 1. The summed E-state index contributed by atoms with van der Waals surface area (Å²) in [5, 5.41) is 3.76. The minimum absolute atomic E-state index is 0.130. The minimum atomic E-state index is -0.351. The van der Waals surface area contributed by atoms with Crippen LogP contribution in [0.25, 0.3) is 0 Å². The Morgan fingerprint density at radius 2 is 2.00 bits per heavy atom. The maximum absolute atomic E-state index is 11.5. The second kappa shape index (κ2) is 9.35. The summed E-state index contributed by atoms with van der Waals surface area (Å²) in [4.78, 5) is 11.5. The fourth-order valence-corrected chi connectivity index (χ4v) is 1.43. The summed E-state index contributed by atoms with van der Waals surface area (Å²) < 4.78 is 10.1. The lowest BCUT2D eigenvalue weighted by atomic mass is 10.3. The van der Waals surface area contributed by atoms with Crippen LogP contribution in [0.15, 0.2) is 24.3 Å². The smallest absolute Gasteiger partial charge is 0.276 e. The molecule has 0 aliphatic rings. The van der Waals surface area contributed by atoms with Gasteiger partial charge in [0.05, 0.1) is 6.61 Å². The van der Waals surface area contributed by atoms with Gasteiger partial charge in [-0.15, -0.1) is 0 Å². The van der Waals surface area contributed by atoms with Crippen LogP contribution in [0.5, 0.6) is 5.75 Å². The van der Waals surface area contributed by atoms with Gasteiger partial charge in [0.2, 0.25) is 0 Å². The van der Waals surface area contributed by atoms with Crippen molar-refractivity contribution in [2.45, 2.75) is 0 Å². The number of hydrogen-bond donors (Lipinski definition) is 3. The molecule has 0 saturated carbocycles. The van der Waals surface area contributed by atoms with Crippen LogP contribution < -0.4 is 20.9 Å². The van der Waals surface area contributed by atoms with Crippen LogP contribution in [-0.4, -0.2) is 37.9 Å². The van der Waals surface area contributed by atoms with E-state index in [1.807, 2.05) is 0 Å². The molecule has 0 aliphatic heterocycles. The summed E-state index contributed by atoms with van der Waals surface area (Å²) in [6, 6.07) is 6.73. The fourth-order valence-electron chi connectivity index (χ4n) is 1.15. The zero-order chi connectivity index (χ0) is 14.8. The number of rotatable bonds is 6. The molecule has 0 unspecified atom stereocenters. The summed E-state index contributed by atoms with van der Waals surface area (Å²) in [5.74, 6) is 0.209. The zero-order valence-electron chi connectivity index (χ0n) is 10.9. The van der Waals surface area contributed by atoms with Gasteiger partial charge >= 0.3 is 0 Å². The predicted molar refractivity (Wildman–Crippen MR) is 80.7 cm³/mol. The van der Waals surface area contributed by atoms with Gasteiger partial charge in [0, 0.05) is 18.7 Å². The number of amides is 1. The third-order valence-electron chi connectivity index (χ3n) is 2.09. The second-order valence-corrected chi connectivity index (χ2v) is 4.51. The van der Waals surface area contributed by atoms with Gasteiger partial charge in [-0.25, -0.2) is 0 Å². The average molecular weight is 318 g/mol. The number of carbonyl (C=O) groups excluding carboxylic acids is 1. The van der Waals surface area contributed by atoms with E-state index in [0.717, 1.165) is 0 Å². The Hall–Kier alpha value is -1.57. The van der Waals surface area contributed by atoms with Crippen LogP contribution in [0.3, 0.4) is 0 Å². The van der Waals surface area contributed by atoms with Crippen LogP contribution in [-0.2, 0) is 9.53 Å². The zero-order valence-corrected chi connectivity index (χ0v) is 12.5. The molecule has 0 atom stereocenters. The molecule has 0 saturated heterocycles. The Morgan fingerprint density at radius 3 is 2.65 bits per heavy atom. The van der Waals surface area contributed by atoms with E-state index < -0.39 is 0 Å². The van der Waals surface area contributed by atoms with Crippen molar-refractivity contribution in [2.75, 3.05) is 26.9 Å². The van der Waals surface area contributed by atoms with Crippen molar-refractivity contribution < 1.29 is 14.3 Å². The summed E-state index contributed by atoms with van der Waals surface area (Å²) >= 11 is 10.7.